The topological polar surface area (TPSA) is 32.3 Å². The Morgan fingerprint density at radius 3 is 2.67 bits per heavy atom. The van der Waals surface area contributed by atoms with Crippen molar-refractivity contribution in [1.82, 2.24) is 10.2 Å². The number of ketones is 1. The van der Waals surface area contributed by atoms with Crippen LogP contribution in [0.25, 0.3) is 0 Å². The van der Waals surface area contributed by atoms with Crippen LogP contribution >= 0.6 is 11.3 Å². The molecule has 0 amide bonds. The van der Waals surface area contributed by atoms with Crippen molar-refractivity contribution in [3.05, 3.63) is 21.9 Å². The molecule has 18 heavy (non-hydrogen) atoms. The van der Waals surface area contributed by atoms with E-state index in [4.69, 9.17) is 0 Å². The Morgan fingerprint density at radius 2 is 2.11 bits per heavy atom. The van der Waals surface area contributed by atoms with Crippen molar-refractivity contribution < 1.29 is 4.79 Å². The average molecular weight is 266 g/mol. The molecule has 1 saturated heterocycles. The number of carbonyl (C=O) groups excluding carboxylic acids is 1. The molecule has 0 bridgehead atoms. The van der Waals surface area contributed by atoms with E-state index in [9.17, 15) is 4.79 Å². The van der Waals surface area contributed by atoms with Crippen molar-refractivity contribution in [2.24, 2.45) is 5.41 Å². The quantitative estimate of drug-likeness (QED) is 0.848. The summed E-state index contributed by atoms with van der Waals surface area (Å²) in [4.78, 5) is 15.9. The summed E-state index contributed by atoms with van der Waals surface area (Å²) in [5.74, 6) is 0.286. The van der Waals surface area contributed by atoms with Gasteiger partial charge in [-0.3, -0.25) is 9.69 Å². The Bertz CT molecular complexity index is 419. The number of hydrogen-bond donors (Lipinski definition) is 1. The van der Waals surface area contributed by atoms with Gasteiger partial charge in [0.1, 0.15) is 0 Å². The molecule has 0 aromatic carbocycles. The Morgan fingerprint density at radius 1 is 1.44 bits per heavy atom. The summed E-state index contributed by atoms with van der Waals surface area (Å²) in [6.07, 6.45) is 0. The summed E-state index contributed by atoms with van der Waals surface area (Å²) in [6, 6.07) is 2.03. The molecular weight excluding hydrogens is 244 g/mol. The van der Waals surface area contributed by atoms with Gasteiger partial charge in [0.05, 0.1) is 4.88 Å². The van der Waals surface area contributed by atoms with E-state index in [0.717, 1.165) is 43.2 Å². The van der Waals surface area contributed by atoms with Gasteiger partial charge in [-0.1, -0.05) is 13.8 Å². The molecule has 0 aliphatic carbocycles. The van der Waals surface area contributed by atoms with Crippen molar-refractivity contribution >= 4 is 17.1 Å². The van der Waals surface area contributed by atoms with Crippen LogP contribution in [0.2, 0.25) is 0 Å². The average Bonchev–Trinajstić information content (AvgIpc) is 2.75. The normalized spacial score (nSPS) is 17.9. The fourth-order valence-corrected chi connectivity index (χ4v) is 3.46. The third-order valence-corrected chi connectivity index (χ3v) is 4.53. The number of nitrogens with one attached hydrogen (secondary N) is 1. The lowest BCUT2D eigenvalue weighted by Crippen LogP contribution is -2.48. The molecular formula is C14H22N2OS. The number of hydrogen-bond acceptors (Lipinski definition) is 4. The third kappa shape index (κ3) is 2.99. The first-order valence-electron chi connectivity index (χ1n) is 6.53. The Hall–Kier alpha value is -0.710. The summed E-state index contributed by atoms with van der Waals surface area (Å²) < 4.78 is 0. The van der Waals surface area contributed by atoms with E-state index in [1.165, 1.54) is 0 Å². The molecule has 4 heteroatoms. The molecule has 1 aromatic rings. The number of carbonyl (C=O) groups is 1. The monoisotopic (exact) mass is 266 g/mol. The van der Waals surface area contributed by atoms with Gasteiger partial charge in [0.15, 0.2) is 5.78 Å². The fraction of sp³-hybridized carbons (Fsp3) is 0.643. The van der Waals surface area contributed by atoms with Gasteiger partial charge in [0.2, 0.25) is 0 Å². The van der Waals surface area contributed by atoms with E-state index < -0.39 is 0 Å². The molecule has 1 aliphatic heterocycles. The molecule has 1 N–H and O–H groups in total. The first-order chi connectivity index (χ1) is 8.50. The molecule has 100 valence electrons. The maximum Gasteiger partial charge on any atom is 0.179 e. The summed E-state index contributed by atoms with van der Waals surface area (Å²) in [7, 11) is 0. The highest BCUT2D eigenvalue weighted by atomic mass is 32.1. The largest absolute Gasteiger partial charge is 0.314 e. The van der Waals surface area contributed by atoms with E-state index in [1.807, 2.05) is 18.4 Å². The van der Waals surface area contributed by atoms with E-state index in [0.29, 0.717) is 0 Å². The molecule has 1 aliphatic rings. The zero-order valence-electron chi connectivity index (χ0n) is 11.5. The SMILES string of the molecule is Cc1ccsc1C(=O)C(C)(C)CN1CCNCC1. The molecule has 2 heterocycles. The van der Waals surface area contributed by atoms with Gasteiger partial charge < -0.3 is 5.32 Å². The molecule has 1 aromatic heterocycles. The Balaban J connectivity index is 2.05. The number of thiophene rings is 1. The van der Waals surface area contributed by atoms with Crippen LogP contribution in [0.15, 0.2) is 11.4 Å². The maximum atomic E-state index is 12.6. The highest BCUT2D eigenvalue weighted by Crippen LogP contribution is 2.28. The van der Waals surface area contributed by atoms with Crippen LogP contribution in [0.4, 0.5) is 0 Å². The molecule has 0 radical (unpaired) electrons. The van der Waals surface area contributed by atoms with Crippen LogP contribution < -0.4 is 5.32 Å². The molecule has 2 rings (SSSR count). The highest BCUT2D eigenvalue weighted by molar-refractivity contribution is 7.12. The lowest BCUT2D eigenvalue weighted by atomic mass is 9.85. The van der Waals surface area contributed by atoms with E-state index >= 15 is 0 Å². The first kappa shape index (κ1) is 13.7. The van der Waals surface area contributed by atoms with Crippen molar-refractivity contribution in [2.75, 3.05) is 32.7 Å². The second-order valence-electron chi connectivity index (χ2n) is 5.67. The summed E-state index contributed by atoms with van der Waals surface area (Å²) >= 11 is 1.57. The maximum absolute atomic E-state index is 12.6. The Kier molecular flexibility index (Phi) is 4.20. The van der Waals surface area contributed by atoms with Crippen LogP contribution in [-0.4, -0.2) is 43.4 Å². The summed E-state index contributed by atoms with van der Waals surface area (Å²) in [5, 5.41) is 5.35. The molecule has 0 atom stereocenters. The smallest absolute Gasteiger partial charge is 0.179 e. The van der Waals surface area contributed by atoms with Gasteiger partial charge in [-0.2, -0.15) is 0 Å². The van der Waals surface area contributed by atoms with Gasteiger partial charge in [-0.05, 0) is 23.9 Å². The predicted molar refractivity (Wildman–Crippen MR) is 76.5 cm³/mol. The Labute approximate surface area is 113 Å². The number of piperazine rings is 1. The lowest BCUT2D eigenvalue weighted by molar-refractivity contribution is 0.0755. The number of rotatable bonds is 4. The number of nitrogens with zero attached hydrogens (tertiary/aromatic N) is 1. The van der Waals surface area contributed by atoms with Crippen LogP contribution in [0.5, 0.6) is 0 Å². The van der Waals surface area contributed by atoms with E-state index in [2.05, 4.69) is 24.1 Å². The van der Waals surface area contributed by atoms with Crippen molar-refractivity contribution in [3.8, 4) is 0 Å². The van der Waals surface area contributed by atoms with Crippen molar-refractivity contribution in [3.63, 3.8) is 0 Å². The minimum Gasteiger partial charge on any atom is -0.314 e. The van der Waals surface area contributed by atoms with Crippen LogP contribution in [0, 0.1) is 12.3 Å². The predicted octanol–water partition coefficient (Wildman–Crippen LogP) is 2.17. The van der Waals surface area contributed by atoms with Crippen molar-refractivity contribution in [2.45, 2.75) is 20.8 Å². The molecule has 1 fully saturated rings. The van der Waals surface area contributed by atoms with Gasteiger partial charge >= 0.3 is 0 Å². The van der Waals surface area contributed by atoms with Gasteiger partial charge in [-0.15, -0.1) is 11.3 Å². The number of Topliss-reactive ketones (excluding diaryl/α,β-unsaturated/α-hetero) is 1. The summed E-state index contributed by atoms with van der Waals surface area (Å²) in [6.45, 7) is 11.1. The number of aryl methyl sites for hydroxylation is 1. The molecule has 0 unspecified atom stereocenters. The zero-order valence-corrected chi connectivity index (χ0v) is 12.3. The minimum atomic E-state index is -0.299. The third-order valence-electron chi connectivity index (χ3n) is 3.51. The van der Waals surface area contributed by atoms with Gasteiger partial charge in [-0.25, -0.2) is 0 Å². The van der Waals surface area contributed by atoms with Crippen LogP contribution in [0.1, 0.15) is 29.1 Å². The molecule has 0 saturated carbocycles. The van der Waals surface area contributed by atoms with Gasteiger partial charge in [0, 0.05) is 38.1 Å². The van der Waals surface area contributed by atoms with E-state index in [-0.39, 0.29) is 11.2 Å². The highest BCUT2D eigenvalue weighted by Gasteiger charge is 2.32. The zero-order chi connectivity index (χ0) is 13.2. The fourth-order valence-electron chi connectivity index (χ4n) is 2.41. The van der Waals surface area contributed by atoms with Crippen LogP contribution in [0.3, 0.4) is 0 Å². The standard InChI is InChI=1S/C14H22N2OS/c1-11-4-9-18-12(11)13(17)14(2,3)10-16-7-5-15-6-8-16/h4,9,15H,5-8,10H2,1-3H3. The lowest BCUT2D eigenvalue weighted by Gasteiger charge is -2.34. The molecule has 3 nitrogen and oxygen atoms in total. The minimum absolute atomic E-state index is 0.286. The van der Waals surface area contributed by atoms with Crippen LogP contribution in [-0.2, 0) is 0 Å². The van der Waals surface area contributed by atoms with E-state index in [1.54, 1.807) is 11.3 Å². The molecule has 0 spiro atoms. The first-order valence-corrected chi connectivity index (χ1v) is 7.40. The van der Waals surface area contributed by atoms with Gasteiger partial charge in [0.25, 0.3) is 0 Å². The second kappa shape index (κ2) is 5.51. The van der Waals surface area contributed by atoms with Crippen molar-refractivity contribution in [1.29, 1.82) is 0 Å². The second-order valence-corrected chi connectivity index (χ2v) is 6.59. The summed E-state index contributed by atoms with van der Waals surface area (Å²) in [5.41, 5.74) is 0.811.